The highest BCUT2D eigenvalue weighted by atomic mass is 16.5. The van der Waals surface area contributed by atoms with E-state index in [0.29, 0.717) is 5.69 Å². The molecule has 0 saturated heterocycles. The van der Waals surface area contributed by atoms with Crippen LogP contribution in [0.25, 0.3) is 0 Å². The second-order valence-electron chi connectivity index (χ2n) is 3.31. The summed E-state index contributed by atoms with van der Waals surface area (Å²) in [6.07, 6.45) is 1.31. The molecule has 0 spiro atoms. The molecule has 0 aliphatic rings. The zero-order valence-electron chi connectivity index (χ0n) is 9.88. The van der Waals surface area contributed by atoms with Crippen LogP contribution in [0.15, 0.2) is 46.7 Å². The molecule has 0 aliphatic heterocycles. The molecule has 0 aromatic heterocycles. The molecule has 1 aromatic rings. The van der Waals surface area contributed by atoms with Gasteiger partial charge in [0.15, 0.2) is 0 Å². The highest BCUT2D eigenvalue weighted by Gasteiger charge is 2.11. The number of rotatable bonds is 4. The van der Waals surface area contributed by atoms with Crippen molar-refractivity contribution in [1.29, 1.82) is 0 Å². The van der Waals surface area contributed by atoms with Crippen molar-refractivity contribution in [1.82, 2.24) is 0 Å². The van der Waals surface area contributed by atoms with Gasteiger partial charge in [0.1, 0.15) is 11.3 Å². The van der Waals surface area contributed by atoms with Crippen molar-refractivity contribution in [3.8, 4) is 0 Å². The molecule has 0 atom stereocenters. The Labute approximate surface area is 100 Å². The fourth-order valence-corrected chi connectivity index (χ4v) is 1.16. The molecule has 17 heavy (non-hydrogen) atoms. The number of aliphatic imine (C=N–C) groups is 1. The summed E-state index contributed by atoms with van der Waals surface area (Å²) >= 11 is 0. The molecule has 1 N–H and O–H groups in total. The molecular weight excluding hydrogens is 218 g/mol. The molecule has 0 saturated carbocycles. The summed E-state index contributed by atoms with van der Waals surface area (Å²) in [7, 11) is 0. The largest absolute Gasteiger partial charge is 0.512 e. The number of hydrogen-bond donors (Lipinski definition) is 1. The maximum atomic E-state index is 11.5. The van der Waals surface area contributed by atoms with Gasteiger partial charge in [-0.3, -0.25) is 4.99 Å². The fraction of sp³-hybridized carbons (Fsp3) is 0.231. The van der Waals surface area contributed by atoms with Gasteiger partial charge >= 0.3 is 5.97 Å². The van der Waals surface area contributed by atoms with E-state index in [0.717, 1.165) is 0 Å². The number of para-hydroxylation sites is 1. The minimum atomic E-state index is -0.577. The summed E-state index contributed by atoms with van der Waals surface area (Å²) in [6, 6.07) is 9.15. The highest BCUT2D eigenvalue weighted by Crippen LogP contribution is 2.11. The third kappa shape index (κ3) is 4.10. The molecule has 1 aromatic carbocycles. The Morgan fingerprint density at radius 2 is 2.06 bits per heavy atom. The number of ether oxygens (including phenoxy) is 1. The molecule has 4 nitrogen and oxygen atoms in total. The third-order valence-corrected chi connectivity index (χ3v) is 1.98. The van der Waals surface area contributed by atoms with Crippen molar-refractivity contribution in [2.24, 2.45) is 4.99 Å². The van der Waals surface area contributed by atoms with E-state index in [-0.39, 0.29) is 17.9 Å². The average molecular weight is 233 g/mol. The monoisotopic (exact) mass is 233 g/mol. The third-order valence-electron chi connectivity index (χ3n) is 1.98. The summed E-state index contributed by atoms with van der Waals surface area (Å²) in [4.78, 5) is 15.6. The lowest BCUT2D eigenvalue weighted by Gasteiger charge is -2.02. The Hall–Kier alpha value is -2.10. The number of carbonyl (C=O) groups excluding carboxylic acids is 1. The number of nitrogens with zero attached hydrogens (tertiary/aromatic N) is 1. The maximum Gasteiger partial charge on any atom is 0.343 e. The number of benzene rings is 1. The van der Waals surface area contributed by atoms with Crippen LogP contribution in [0.1, 0.15) is 13.8 Å². The van der Waals surface area contributed by atoms with Crippen LogP contribution in [0.3, 0.4) is 0 Å². The lowest BCUT2D eigenvalue weighted by Crippen LogP contribution is -2.10. The molecule has 0 fully saturated rings. The van der Waals surface area contributed by atoms with Gasteiger partial charge in [0.2, 0.25) is 0 Å². The number of allylic oxidation sites excluding steroid dienone is 1. The number of esters is 1. The summed E-state index contributed by atoms with van der Waals surface area (Å²) in [5.41, 5.74) is 0.770. The zero-order valence-corrected chi connectivity index (χ0v) is 9.88. The van der Waals surface area contributed by atoms with Crippen molar-refractivity contribution >= 4 is 17.9 Å². The zero-order chi connectivity index (χ0) is 12.7. The minimum Gasteiger partial charge on any atom is -0.512 e. The van der Waals surface area contributed by atoms with Crippen molar-refractivity contribution in [3.63, 3.8) is 0 Å². The van der Waals surface area contributed by atoms with Gasteiger partial charge in [0.05, 0.1) is 12.3 Å². The van der Waals surface area contributed by atoms with E-state index in [2.05, 4.69) is 4.99 Å². The van der Waals surface area contributed by atoms with Gasteiger partial charge in [0, 0.05) is 6.21 Å². The molecule has 4 heteroatoms. The van der Waals surface area contributed by atoms with Gasteiger partial charge in [0.25, 0.3) is 0 Å². The summed E-state index contributed by atoms with van der Waals surface area (Å²) < 4.78 is 4.81. The molecule has 0 amide bonds. The van der Waals surface area contributed by atoms with Crippen molar-refractivity contribution in [2.75, 3.05) is 6.61 Å². The number of carbonyl (C=O) groups is 1. The SMILES string of the molecule is CCOC(=O)/C(C=Nc1ccccc1)=C(\C)O. The van der Waals surface area contributed by atoms with Crippen molar-refractivity contribution in [2.45, 2.75) is 13.8 Å². The van der Waals surface area contributed by atoms with Crippen molar-refractivity contribution < 1.29 is 14.6 Å². The first-order valence-electron chi connectivity index (χ1n) is 5.31. The minimum absolute atomic E-state index is 0.0655. The topological polar surface area (TPSA) is 58.9 Å². The van der Waals surface area contributed by atoms with E-state index < -0.39 is 5.97 Å². The summed E-state index contributed by atoms with van der Waals surface area (Å²) in [5, 5.41) is 9.37. The predicted octanol–water partition coefficient (Wildman–Crippen LogP) is 2.78. The predicted molar refractivity (Wildman–Crippen MR) is 66.6 cm³/mol. The molecule has 0 radical (unpaired) electrons. The van der Waals surface area contributed by atoms with Gasteiger partial charge in [-0.1, -0.05) is 18.2 Å². The lowest BCUT2D eigenvalue weighted by molar-refractivity contribution is -0.138. The summed E-state index contributed by atoms with van der Waals surface area (Å²) in [6.45, 7) is 3.38. The first-order chi connectivity index (χ1) is 8.15. The highest BCUT2D eigenvalue weighted by molar-refractivity contribution is 6.10. The molecule has 0 heterocycles. The smallest absolute Gasteiger partial charge is 0.343 e. The molecule has 0 aliphatic carbocycles. The molecule has 1 rings (SSSR count). The summed E-state index contributed by atoms with van der Waals surface area (Å²) in [5.74, 6) is -0.685. The Kier molecular flexibility index (Phi) is 4.94. The van der Waals surface area contributed by atoms with Crippen LogP contribution in [0.5, 0.6) is 0 Å². The Morgan fingerprint density at radius 3 is 2.59 bits per heavy atom. The normalized spacial score (nSPS) is 12.4. The van der Waals surface area contributed by atoms with E-state index in [9.17, 15) is 9.90 Å². The van der Waals surface area contributed by atoms with E-state index in [1.54, 1.807) is 19.1 Å². The molecular formula is C13H15NO3. The van der Waals surface area contributed by atoms with Crippen LogP contribution in [-0.2, 0) is 9.53 Å². The van der Waals surface area contributed by atoms with Crippen LogP contribution in [0.4, 0.5) is 5.69 Å². The Bertz CT molecular complexity index is 431. The average Bonchev–Trinajstić information content (AvgIpc) is 2.30. The van der Waals surface area contributed by atoms with Crippen LogP contribution in [0, 0.1) is 0 Å². The van der Waals surface area contributed by atoms with E-state index >= 15 is 0 Å². The van der Waals surface area contributed by atoms with Gasteiger partial charge in [-0.25, -0.2) is 4.79 Å². The van der Waals surface area contributed by atoms with E-state index in [1.807, 2.05) is 18.2 Å². The number of aliphatic hydroxyl groups is 1. The van der Waals surface area contributed by atoms with E-state index in [4.69, 9.17) is 4.74 Å². The Balaban J connectivity index is 2.86. The van der Waals surface area contributed by atoms with Crippen LogP contribution in [-0.4, -0.2) is 23.9 Å². The van der Waals surface area contributed by atoms with Gasteiger partial charge < -0.3 is 9.84 Å². The van der Waals surface area contributed by atoms with Crippen LogP contribution >= 0.6 is 0 Å². The second-order valence-corrected chi connectivity index (χ2v) is 3.31. The van der Waals surface area contributed by atoms with Gasteiger partial charge in [-0.2, -0.15) is 0 Å². The first-order valence-corrected chi connectivity index (χ1v) is 5.31. The maximum absolute atomic E-state index is 11.5. The second kappa shape index (κ2) is 6.48. The van der Waals surface area contributed by atoms with E-state index in [1.165, 1.54) is 13.1 Å². The molecule has 0 bridgehead atoms. The van der Waals surface area contributed by atoms with Crippen LogP contribution in [0.2, 0.25) is 0 Å². The lowest BCUT2D eigenvalue weighted by atomic mass is 10.2. The van der Waals surface area contributed by atoms with Gasteiger partial charge in [-0.15, -0.1) is 0 Å². The number of hydrogen-bond acceptors (Lipinski definition) is 4. The standard InChI is InChI=1S/C13H15NO3/c1-3-17-13(16)12(10(2)15)9-14-11-7-5-4-6-8-11/h4-9,15H,3H2,1-2H3/b12-10+,14-9?. The molecule has 0 unspecified atom stereocenters. The molecule has 90 valence electrons. The number of aliphatic hydroxyl groups excluding tert-OH is 1. The van der Waals surface area contributed by atoms with Gasteiger partial charge in [-0.05, 0) is 26.0 Å². The Morgan fingerprint density at radius 1 is 1.41 bits per heavy atom. The quantitative estimate of drug-likeness (QED) is 0.376. The fourth-order valence-electron chi connectivity index (χ4n) is 1.16. The van der Waals surface area contributed by atoms with Crippen molar-refractivity contribution in [3.05, 3.63) is 41.7 Å². The van der Waals surface area contributed by atoms with Crippen LogP contribution < -0.4 is 0 Å². The first kappa shape index (κ1) is 13.0.